The maximum absolute atomic E-state index is 13.3. The van der Waals surface area contributed by atoms with Gasteiger partial charge in [0.15, 0.2) is 0 Å². The van der Waals surface area contributed by atoms with Crippen LogP contribution in [0.15, 0.2) is 18.2 Å². The van der Waals surface area contributed by atoms with Gasteiger partial charge in [-0.25, -0.2) is 9.18 Å². The number of hydrogen-bond acceptors (Lipinski definition) is 4. The molecule has 1 aromatic rings. The van der Waals surface area contributed by atoms with Gasteiger partial charge in [0.25, 0.3) is 0 Å². The predicted octanol–water partition coefficient (Wildman–Crippen LogP) is 0.138. The van der Waals surface area contributed by atoms with Gasteiger partial charge >= 0.3 is 5.97 Å². The molecule has 0 aliphatic rings. The zero-order valence-electron chi connectivity index (χ0n) is 9.22. The first-order chi connectivity index (χ1) is 7.97. The maximum Gasteiger partial charge on any atom is 0.338 e. The molecule has 0 spiro atoms. The standard InChI is InChI=1S/C11H14FNO4/c1-13-5-9(14)10(15)6-2-3-7(11(16)17)8(12)4-6/h2-4,9-10,13-15H,5H2,1H3,(H,16,17). The quantitative estimate of drug-likeness (QED) is 0.590. The molecule has 17 heavy (non-hydrogen) atoms. The van der Waals surface area contributed by atoms with Crippen molar-refractivity contribution in [2.45, 2.75) is 12.2 Å². The molecule has 1 aromatic carbocycles. The summed E-state index contributed by atoms with van der Waals surface area (Å²) in [6.07, 6.45) is -2.35. The van der Waals surface area contributed by atoms with Gasteiger partial charge in [-0.2, -0.15) is 0 Å². The molecule has 0 saturated carbocycles. The highest BCUT2D eigenvalue weighted by molar-refractivity contribution is 5.87. The Morgan fingerprint density at radius 1 is 1.47 bits per heavy atom. The van der Waals surface area contributed by atoms with E-state index in [1.807, 2.05) is 0 Å². The lowest BCUT2D eigenvalue weighted by atomic mass is 10.0. The number of halogens is 1. The lowest BCUT2D eigenvalue weighted by Gasteiger charge is -2.18. The molecule has 0 bridgehead atoms. The van der Waals surface area contributed by atoms with Crippen molar-refractivity contribution >= 4 is 5.97 Å². The van der Waals surface area contributed by atoms with Crippen molar-refractivity contribution in [3.05, 3.63) is 35.1 Å². The summed E-state index contributed by atoms with van der Waals surface area (Å²) in [6, 6.07) is 3.24. The molecule has 2 atom stereocenters. The monoisotopic (exact) mass is 243 g/mol. The van der Waals surface area contributed by atoms with E-state index >= 15 is 0 Å². The third kappa shape index (κ3) is 3.23. The number of aliphatic hydroxyl groups is 2. The van der Waals surface area contributed by atoms with E-state index in [9.17, 15) is 19.4 Å². The smallest absolute Gasteiger partial charge is 0.338 e. The zero-order valence-corrected chi connectivity index (χ0v) is 9.22. The number of carboxylic acids is 1. The average molecular weight is 243 g/mol. The molecule has 94 valence electrons. The first-order valence-electron chi connectivity index (χ1n) is 5.00. The van der Waals surface area contributed by atoms with Crippen LogP contribution in [0.25, 0.3) is 0 Å². The second-order valence-electron chi connectivity index (χ2n) is 3.61. The summed E-state index contributed by atoms with van der Waals surface area (Å²) in [5, 5.41) is 30.5. The summed E-state index contributed by atoms with van der Waals surface area (Å²) < 4.78 is 13.3. The van der Waals surface area contributed by atoms with Crippen LogP contribution in [-0.4, -0.2) is 41.0 Å². The minimum absolute atomic E-state index is 0.134. The van der Waals surface area contributed by atoms with Crippen molar-refractivity contribution in [1.29, 1.82) is 0 Å². The largest absolute Gasteiger partial charge is 0.478 e. The number of benzene rings is 1. The van der Waals surface area contributed by atoms with Crippen LogP contribution in [0, 0.1) is 5.82 Å². The number of carboxylic acid groups (broad SMARTS) is 1. The van der Waals surface area contributed by atoms with Crippen LogP contribution >= 0.6 is 0 Å². The van der Waals surface area contributed by atoms with Crippen LogP contribution in [0.5, 0.6) is 0 Å². The molecule has 5 nitrogen and oxygen atoms in total. The van der Waals surface area contributed by atoms with Gasteiger partial charge in [0, 0.05) is 6.54 Å². The van der Waals surface area contributed by atoms with Gasteiger partial charge in [-0.3, -0.25) is 0 Å². The highest BCUT2D eigenvalue weighted by Crippen LogP contribution is 2.19. The first-order valence-corrected chi connectivity index (χ1v) is 5.00. The lowest BCUT2D eigenvalue weighted by molar-refractivity contribution is 0.0200. The number of rotatable bonds is 5. The van der Waals surface area contributed by atoms with E-state index in [1.165, 1.54) is 6.07 Å². The number of aliphatic hydroxyl groups excluding tert-OH is 2. The third-order valence-electron chi connectivity index (χ3n) is 2.34. The van der Waals surface area contributed by atoms with Gasteiger partial charge < -0.3 is 20.6 Å². The van der Waals surface area contributed by atoms with Crippen molar-refractivity contribution in [3.63, 3.8) is 0 Å². The van der Waals surface area contributed by atoms with E-state index in [-0.39, 0.29) is 12.1 Å². The molecular formula is C11H14FNO4. The fourth-order valence-corrected chi connectivity index (χ4v) is 1.43. The summed E-state index contributed by atoms with van der Waals surface area (Å²) >= 11 is 0. The van der Waals surface area contributed by atoms with E-state index in [0.717, 1.165) is 12.1 Å². The average Bonchev–Trinajstić information content (AvgIpc) is 2.27. The number of hydrogen-bond donors (Lipinski definition) is 4. The molecule has 0 heterocycles. The Kier molecular flexibility index (Phi) is 4.56. The first kappa shape index (κ1) is 13.6. The van der Waals surface area contributed by atoms with E-state index in [1.54, 1.807) is 7.05 Å². The fourth-order valence-electron chi connectivity index (χ4n) is 1.43. The number of likely N-dealkylation sites (N-methyl/N-ethyl adjacent to an activating group) is 1. The second-order valence-corrected chi connectivity index (χ2v) is 3.61. The zero-order chi connectivity index (χ0) is 13.0. The molecule has 0 aliphatic heterocycles. The third-order valence-corrected chi connectivity index (χ3v) is 2.34. The van der Waals surface area contributed by atoms with Crippen LogP contribution in [-0.2, 0) is 0 Å². The van der Waals surface area contributed by atoms with Gasteiger partial charge in [-0.15, -0.1) is 0 Å². The Morgan fingerprint density at radius 3 is 2.59 bits per heavy atom. The summed E-state index contributed by atoms with van der Waals surface area (Å²) in [4.78, 5) is 10.6. The van der Waals surface area contributed by atoms with Gasteiger partial charge in [0.2, 0.25) is 0 Å². The van der Waals surface area contributed by atoms with Gasteiger partial charge in [0.05, 0.1) is 11.7 Å². The number of nitrogens with one attached hydrogen (secondary N) is 1. The van der Waals surface area contributed by atoms with Crippen LogP contribution < -0.4 is 5.32 Å². The highest BCUT2D eigenvalue weighted by atomic mass is 19.1. The van der Waals surface area contributed by atoms with Crippen molar-refractivity contribution in [2.75, 3.05) is 13.6 Å². The topological polar surface area (TPSA) is 89.8 Å². The Hall–Kier alpha value is -1.50. The van der Waals surface area contributed by atoms with Crippen molar-refractivity contribution in [2.24, 2.45) is 0 Å². The lowest BCUT2D eigenvalue weighted by Crippen LogP contribution is -2.29. The Bertz CT molecular complexity index is 410. The Morgan fingerprint density at radius 2 is 2.12 bits per heavy atom. The minimum Gasteiger partial charge on any atom is -0.478 e. The van der Waals surface area contributed by atoms with Crippen LogP contribution in [0.4, 0.5) is 4.39 Å². The summed E-state index contributed by atoms with van der Waals surface area (Å²) in [7, 11) is 1.60. The van der Waals surface area contributed by atoms with E-state index in [2.05, 4.69) is 5.32 Å². The number of aromatic carboxylic acids is 1. The van der Waals surface area contributed by atoms with Crippen molar-refractivity contribution < 1.29 is 24.5 Å². The number of carbonyl (C=O) groups is 1. The molecule has 6 heteroatoms. The molecule has 0 aliphatic carbocycles. The van der Waals surface area contributed by atoms with E-state index in [0.29, 0.717) is 0 Å². The predicted molar refractivity (Wildman–Crippen MR) is 58.3 cm³/mol. The Balaban J connectivity index is 2.93. The molecule has 0 amide bonds. The van der Waals surface area contributed by atoms with Gasteiger partial charge in [-0.1, -0.05) is 6.07 Å². The highest BCUT2D eigenvalue weighted by Gasteiger charge is 2.20. The van der Waals surface area contributed by atoms with Crippen molar-refractivity contribution in [1.82, 2.24) is 5.32 Å². The molecule has 4 N–H and O–H groups in total. The minimum atomic E-state index is -1.38. The molecule has 0 aromatic heterocycles. The van der Waals surface area contributed by atoms with Gasteiger partial charge in [-0.05, 0) is 24.7 Å². The maximum atomic E-state index is 13.3. The fraction of sp³-hybridized carbons (Fsp3) is 0.364. The van der Waals surface area contributed by atoms with Crippen LogP contribution in [0.1, 0.15) is 22.0 Å². The molecular weight excluding hydrogens is 229 g/mol. The Labute approximate surface area is 97.5 Å². The van der Waals surface area contributed by atoms with Crippen LogP contribution in [0.2, 0.25) is 0 Å². The van der Waals surface area contributed by atoms with E-state index < -0.39 is 29.6 Å². The summed E-state index contributed by atoms with van der Waals surface area (Å²) in [5.41, 5.74) is -0.334. The van der Waals surface area contributed by atoms with Crippen LogP contribution in [0.3, 0.4) is 0 Å². The SMILES string of the molecule is CNCC(O)C(O)c1ccc(C(=O)O)c(F)c1. The molecule has 1 rings (SSSR count). The molecule has 2 unspecified atom stereocenters. The molecule has 0 saturated heterocycles. The van der Waals surface area contributed by atoms with E-state index in [4.69, 9.17) is 5.11 Å². The second kappa shape index (κ2) is 5.72. The molecule has 0 fully saturated rings. The molecule has 0 radical (unpaired) electrons. The van der Waals surface area contributed by atoms with Gasteiger partial charge in [0.1, 0.15) is 11.9 Å². The van der Waals surface area contributed by atoms with Crippen molar-refractivity contribution in [3.8, 4) is 0 Å². The summed E-state index contributed by atoms with van der Waals surface area (Å²) in [5.74, 6) is -2.31. The summed E-state index contributed by atoms with van der Waals surface area (Å²) in [6.45, 7) is 0.142. The normalized spacial score (nSPS) is 14.4.